The molecule has 148 valence electrons. The van der Waals surface area contributed by atoms with Crippen molar-refractivity contribution in [3.05, 3.63) is 29.8 Å². The van der Waals surface area contributed by atoms with Crippen molar-refractivity contribution in [1.82, 2.24) is 20.7 Å². The first-order valence-corrected chi connectivity index (χ1v) is 9.95. The van der Waals surface area contributed by atoms with E-state index in [0.717, 1.165) is 32.4 Å². The minimum atomic E-state index is -0.171. The largest absolute Gasteiger partial charge is 0.339 e. The summed E-state index contributed by atoms with van der Waals surface area (Å²) in [4.78, 5) is 28.9. The molecule has 3 amide bonds. The van der Waals surface area contributed by atoms with Crippen LogP contribution in [0.4, 0.5) is 10.5 Å². The molecule has 0 aromatic heterocycles. The molecule has 0 saturated carbocycles. The molecule has 0 radical (unpaired) electrons. The van der Waals surface area contributed by atoms with E-state index in [2.05, 4.69) is 23.1 Å². The molecule has 3 N–H and O–H groups in total. The van der Waals surface area contributed by atoms with Gasteiger partial charge < -0.3 is 15.1 Å². The van der Waals surface area contributed by atoms with Crippen LogP contribution in [0.2, 0.25) is 0 Å². The van der Waals surface area contributed by atoms with E-state index in [1.807, 2.05) is 23.1 Å². The summed E-state index contributed by atoms with van der Waals surface area (Å²) in [6.07, 6.45) is 5.50. The number of likely N-dealkylation sites (N-methyl/N-ethyl adjacent to an activating group) is 1. The fourth-order valence-electron chi connectivity index (χ4n) is 3.74. The Morgan fingerprint density at radius 3 is 2.59 bits per heavy atom. The van der Waals surface area contributed by atoms with Crippen LogP contribution in [-0.2, 0) is 0 Å². The van der Waals surface area contributed by atoms with E-state index >= 15 is 0 Å². The summed E-state index contributed by atoms with van der Waals surface area (Å²) in [5, 5.41) is 2.91. The van der Waals surface area contributed by atoms with Crippen LogP contribution in [-0.4, -0.2) is 60.5 Å². The van der Waals surface area contributed by atoms with Crippen molar-refractivity contribution < 1.29 is 9.59 Å². The topological polar surface area (TPSA) is 76.7 Å². The Morgan fingerprint density at radius 1 is 1.19 bits per heavy atom. The zero-order chi connectivity index (χ0) is 19.2. The standard InChI is InChI=1S/C20H31N5O2/c1-15-12-18(23-22-15)14-24(2)20(27)21-17-9-7-8-16(13-17)19(26)25-10-5-3-4-6-11-25/h7-9,13,15,18,22-23H,3-6,10-12,14H2,1-2H3,(H,21,27). The molecule has 3 rings (SSSR count). The summed E-state index contributed by atoms with van der Waals surface area (Å²) >= 11 is 0. The highest BCUT2D eigenvalue weighted by Crippen LogP contribution is 2.17. The molecule has 1 aromatic rings. The second-order valence-electron chi connectivity index (χ2n) is 7.72. The number of nitrogens with one attached hydrogen (secondary N) is 3. The van der Waals surface area contributed by atoms with E-state index in [1.165, 1.54) is 12.8 Å². The van der Waals surface area contributed by atoms with E-state index in [0.29, 0.717) is 23.8 Å². The quantitative estimate of drug-likeness (QED) is 0.758. The predicted molar refractivity (Wildman–Crippen MR) is 107 cm³/mol. The van der Waals surface area contributed by atoms with Gasteiger partial charge in [-0.25, -0.2) is 4.79 Å². The van der Waals surface area contributed by atoms with Gasteiger partial charge in [0, 0.05) is 50.0 Å². The molecule has 27 heavy (non-hydrogen) atoms. The third-order valence-corrected chi connectivity index (χ3v) is 5.27. The van der Waals surface area contributed by atoms with E-state index in [9.17, 15) is 9.59 Å². The molecule has 7 heteroatoms. The summed E-state index contributed by atoms with van der Waals surface area (Å²) in [6.45, 7) is 4.37. The fourth-order valence-corrected chi connectivity index (χ4v) is 3.74. The van der Waals surface area contributed by atoms with E-state index in [1.54, 1.807) is 18.0 Å². The summed E-state index contributed by atoms with van der Waals surface area (Å²) in [7, 11) is 1.78. The number of likely N-dealkylation sites (tertiary alicyclic amines) is 1. The Labute approximate surface area is 161 Å². The summed E-state index contributed by atoms with van der Waals surface area (Å²) in [5.41, 5.74) is 7.65. The smallest absolute Gasteiger partial charge is 0.321 e. The minimum Gasteiger partial charge on any atom is -0.339 e. The first-order valence-electron chi connectivity index (χ1n) is 9.95. The summed E-state index contributed by atoms with van der Waals surface area (Å²) < 4.78 is 0. The first-order chi connectivity index (χ1) is 13.0. The average molecular weight is 374 g/mol. The average Bonchev–Trinajstić information content (AvgIpc) is 2.90. The van der Waals surface area contributed by atoms with Crippen molar-refractivity contribution in [3.8, 4) is 0 Å². The number of nitrogens with zero attached hydrogens (tertiary/aromatic N) is 2. The monoisotopic (exact) mass is 373 g/mol. The maximum atomic E-state index is 12.8. The molecule has 2 aliphatic heterocycles. The maximum absolute atomic E-state index is 12.8. The van der Waals surface area contributed by atoms with E-state index in [4.69, 9.17) is 0 Å². The lowest BCUT2D eigenvalue weighted by Gasteiger charge is -2.22. The van der Waals surface area contributed by atoms with Gasteiger partial charge in [-0.2, -0.15) is 0 Å². The van der Waals surface area contributed by atoms with Gasteiger partial charge in [-0.3, -0.25) is 15.6 Å². The van der Waals surface area contributed by atoms with Crippen LogP contribution in [0, 0.1) is 0 Å². The number of benzene rings is 1. The Balaban J connectivity index is 1.57. The minimum absolute atomic E-state index is 0.0524. The summed E-state index contributed by atoms with van der Waals surface area (Å²) in [5.74, 6) is 0.0524. The van der Waals surface area contributed by atoms with Crippen LogP contribution in [0.3, 0.4) is 0 Å². The molecule has 0 bridgehead atoms. The molecule has 2 aliphatic rings. The normalized spacial score (nSPS) is 23.0. The molecule has 7 nitrogen and oxygen atoms in total. The highest BCUT2D eigenvalue weighted by Gasteiger charge is 2.23. The molecular weight excluding hydrogens is 342 g/mol. The second kappa shape index (κ2) is 9.19. The van der Waals surface area contributed by atoms with Crippen LogP contribution in [0.5, 0.6) is 0 Å². The second-order valence-corrected chi connectivity index (χ2v) is 7.72. The third kappa shape index (κ3) is 5.43. The van der Waals surface area contributed by atoms with Crippen LogP contribution >= 0.6 is 0 Å². The zero-order valence-electron chi connectivity index (χ0n) is 16.3. The van der Waals surface area contributed by atoms with Crippen molar-refractivity contribution in [2.75, 3.05) is 32.0 Å². The fraction of sp³-hybridized carbons (Fsp3) is 0.600. The number of hydrazine groups is 1. The molecule has 0 aliphatic carbocycles. The molecule has 2 heterocycles. The number of carbonyl (C=O) groups is 2. The SMILES string of the molecule is CC1CC(CN(C)C(=O)Nc2cccc(C(=O)N3CCCCCC3)c2)NN1. The van der Waals surface area contributed by atoms with Crippen molar-refractivity contribution in [3.63, 3.8) is 0 Å². The van der Waals surface area contributed by atoms with E-state index < -0.39 is 0 Å². The van der Waals surface area contributed by atoms with Crippen LogP contribution in [0.25, 0.3) is 0 Å². The molecule has 0 spiro atoms. The van der Waals surface area contributed by atoms with Crippen LogP contribution in [0.15, 0.2) is 24.3 Å². The number of amides is 3. The third-order valence-electron chi connectivity index (χ3n) is 5.27. The number of urea groups is 1. The Kier molecular flexibility index (Phi) is 6.68. The predicted octanol–water partition coefficient (Wildman–Crippen LogP) is 2.42. The van der Waals surface area contributed by atoms with Crippen LogP contribution in [0.1, 0.15) is 49.4 Å². The van der Waals surface area contributed by atoms with Gasteiger partial charge >= 0.3 is 6.03 Å². The molecule has 2 saturated heterocycles. The van der Waals surface area contributed by atoms with Gasteiger partial charge in [-0.1, -0.05) is 18.9 Å². The number of hydrogen-bond acceptors (Lipinski definition) is 4. The molecule has 1 aromatic carbocycles. The molecule has 2 unspecified atom stereocenters. The van der Waals surface area contributed by atoms with Crippen molar-refractivity contribution >= 4 is 17.6 Å². The molecule has 2 fully saturated rings. The van der Waals surface area contributed by atoms with Crippen molar-refractivity contribution in [2.45, 2.75) is 51.1 Å². The lowest BCUT2D eigenvalue weighted by atomic mass is 10.1. The Morgan fingerprint density at radius 2 is 1.93 bits per heavy atom. The highest BCUT2D eigenvalue weighted by molar-refractivity contribution is 5.96. The van der Waals surface area contributed by atoms with Crippen molar-refractivity contribution in [1.29, 1.82) is 0 Å². The Bertz CT molecular complexity index is 658. The van der Waals surface area contributed by atoms with Gasteiger partial charge in [0.25, 0.3) is 5.91 Å². The van der Waals surface area contributed by atoms with E-state index in [-0.39, 0.29) is 18.0 Å². The number of anilines is 1. The van der Waals surface area contributed by atoms with Gasteiger partial charge in [-0.05, 0) is 44.4 Å². The first kappa shape index (κ1) is 19.6. The zero-order valence-corrected chi connectivity index (χ0v) is 16.3. The van der Waals surface area contributed by atoms with Gasteiger partial charge in [-0.15, -0.1) is 0 Å². The maximum Gasteiger partial charge on any atom is 0.321 e. The number of rotatable bonds is 4. The van der Waals surface area contributed by atoms with Gasteiger partial charge in [0.05, 0.1) is 0 Å². The Hall–Kier alpha value is -2.12. The number of hydrogen-bond donors (Lipinski definition) is 3. The molecular formula is C20H31N5O2. The highest BCUT2D eigenvalue weighted by atomic mass is 16.2. The molecule has 2 atom stereocenters. The summed E-state index contributed by atoms with van der Waals surface area (Å²) in [6, 6.07) is 7.72. The van der Waals surface area contributed by atoms with Gasteiger partial charge in [0.1, 0.15) is 0 Å². The lowest BCUT2D eigenvalue weighted by Crippen LogP contribution is -2.42. The van der Waals surface area contributed by atoms with Gasteiger partial charge in [0.2, 0.25) is 0 Å². The van der Waals surface area contributed by atoms with Gasteiger partial charge in [0.15, 0.2) is 0 Å². The number of carbonyl (C=O) groups excluding carboxylic acids is 2. The van der Waals surface area contributed by atoms with Crippen LogP contribution < -0.4 is 16.2 Å². The van der Waals surface area contributed by atoms with Crippen molar-refractivity contribution in [2.24, 2.45) is 0 Å². The lowest BCUT2D eigenvalue weighted by molar-refractivity contribution is 0.0761.